The highest BCUT2D eigenvalue weighted by molar-refractivity contribution is 14.0. The van der Waals surface area contributed by atoms with Gasteiger partial charge in [0.1, 0.15) is 0 Å². The Kier molecular flexibility index (Phi) is 10.8. The van der Waals surface area contributed by atoms with E-state index in [-0.39, 0.29) is 24.0 Å². The molecule has 0 spiro atoms. The molecule has 1 aromatic carbocycles. The van der Waals surface area contributed by atoms with Crippen molar-refractivity contribution in [3.05, 3.63) is 23.8 Å². The van der Waals surface area contributed by atoms with E-state index in [9.17, 15) is 5.11 Å². The fourth-order valence-electron chi connectivity index (χ4n) is 3.30. The fraction of sp³-hybridized carbons (Fsp3) is 0.650. The van der Waals surface area contributed by atoms with Crippen LogP contribution in [0, 0.1) is 0 Å². The number of aliphatic imine (C=N–C) groups is 1. The zero-order valence-electron chi connectivity index (χ0n) is 16.7. The van der Waals surface area contributed by atoms with Crippen LogP contribution in [0.15, 0.2) is 23.2 Å². The maximum atomic E-state index is 10.6. The molecule has 0 bridgehead atoms. The molecule has 27 heavy (non-hydrogen) atoms. The van der Waals surface area contributed by atoms with Crippen molar-refractivity contribution in [2.75, 3.05) is 33.9 Å². The van der Waals surface area contributed by atoms with Gasteiger partial charge in [0.25, 0.3) is 0 Å². The second kappa shape index (κ2) is 12.3. The van der Waals surface area contributed by atoms with Crippen LogP contribution in [0.2, 0.25) is 0 Å². The molecule has 0 aliphatic heterocycles. The van der Waals surface area contributed by atoms with Crippen LogP contribution in [0.25, 0.3) is 0 Å². The third-order valence-electron chi connectivity index (χ3n) is 4.81. The van der Waals surface area contributed by atoms with Crippen molar-refractivity contribution in [3.8, 4) is 11.5 Å². The average molecular weight is 491 g/mol. The first-order valence-electron chi connectivity index (χ1n) is 9.55. The van der Waals surface area contributed by atoms with Gasteiger partial charge in [-0.2, -0.15) is 0 Å². The summed E-state index contributed by atoms with van der Waals surface area (Å²) in [7, 11) is 3.28. The van der Waals surface area contributed by atoms with Crippen LogP contribution in [0.4, 0.5) is 0 Å². The smallest absolute Gasteiger partial charge is 0.191 e. The maximum Gasteiger partial charge on any atom is 0.191 e. The van der Waals surface area contributed by atoms with Gasteiger partial charge in [0, 0.05) is 13.1 Å². The third-order valence-corrected chi connectivity index (χ3v) is 4.81. The van der Waals surface area contributed by atoms with Gasteiger partial charge in [-0.05, 0) is 43.9 Å². The number of guanidine groups is 1. The second-order valence-electron chi connectivity index (χ2n) is 6.85. The number of hydrogen-bond acceptors (Lipinski definition) is 4. The van der Waals surface area contributed by atoms with Gasteiger partial charge in [-0.1, -0.05) is 25.3 Å². The molecule has 1 aliphatic carbocycles. The highest BCUT2D eigenvalue weighted by atomic mass is 127. The molecule has 0 saturated heterocycles. The molecule has 7 heteroatoms. The number of nitrogens with one attached hydrogen (secondary N) is 2. The highest BCUT2D eigenvalue weighted by Crippen LogP contribution is 2.28. The Morgan fingerprint density at radius 1 is 1.11 bits per heavy atom. The second-order valence-corrected chi connectivity index (χ2v) is 6.85. The van der Waals surface area contributed by atoms with E-state index in [1.165, 1.54) is 6.42 Å². The molecule has 0 radical (unpaired) electrons. The van der Waals surface area contributed by atoms with E-state index >= 15 is 0 Å². The lowest BCUT2D eigenvalue weighted by Gasteiger charge is -2.30. The zero-order valence-corrected chi connectivity index (χ0v) is 19.0. The molecule has 1 fully saturated rings. The molecule has 1 saturated carbocycles. The van der Waals surface area contributed by atoms with E-state index in [0.29, 0.717) is 6.54 Å². The molecule has 3 N–H and O–H groups in total. The first-order chi connectivity index (χ1) is 12.6. The number of aliphatic hydroxyl groups is 1. The average Bonchev–Trinajstić information content (AvgIpc) is 2.66. The van der Waals surface area contributed by atoms with Gasteiger partial charge in [-0.3, -0.25) is 4.99 Å². The summed E-state index contributed by atoms with van der Waals surface area (Å²) in [4.78, 5) is 4.60. The van der Waals surface area contributed by atoms with E-state index in [4.69, 9.17) is 9.47 Å². The molecular weight excluding hydrogens is 457 g/mol. The van der Waals surface area contributed by atoms with Crippen LogP contribution in [0.5, 0.6) is 11.5 Å². The predicted octanol–water partition coefficient (Wildman–Crippen LogP) is 3.11. The summed E-state index contributed by atoms with van der Waals surface area (Å²) in [6, 6.07) is 5.96. The number of ether oxygens (including phenoxy) is 2. The summed E-state index contributed by atoms with van der Waals surface area (Å²) in [5, 5.41) is 17.2. The normalized spacial score (nSPS) is 16.2. The summed E-state index contributed by atoms with van der Waals surface area (Å²) < 4.78 is 10.6. The Labute approximate surface area is 180 Å². The Morgan fingerprint density at radius 2 is 1.81 bits per heavy atom. The van der Waals surface area contributed by atoms with Crippen LogP contribution < -0.4 is 20.1 Å². The number of hydrogen-bond donors (Lipinski definition) is 3. The molecule has 154 valence electrons. The predicted molar refractivity (Wildman–Crippen MR) is 121 cm³/mol. The van der Waals surface area contributed by atoms with Crippen molar-refractivity contribution in [1.82, 2.24) is 10.6 Å². The van der Waals surface area contributed by atoms with Crippen molar-refractivity contribution in [3.63, 3.8) is 0 Å². The topological polar surface area (TPSA) is 75.1 Å². The van der Waals surface area contributed by atoms with Gasteiger partial charge < -0.3 is 25.2 Å². The molecular formula is C20H34IN3O3. The first-order valence-corrected chi connectivity index (χ1v) is 9.55. The minimum absolute atomic E-state index is 0. The van der Waals surface area contributed by atoms with Crippen molar-refractivity contribution < 1.29 is 14.6 Å². The molecule has 1 aromatic rings. The summed E-state index contributed by atoms with van der Waals surface area (Å²) in [5.74, 6) is 2.23. The Balaban J connectivity index is 0.00000364. The van der Waals surface area contributed by atoms with Gasteiger partial charge in [-0.25, -0.2) is 0 Å². The van der Waals surface area contributed by atoms with Crippen molar-refractivity contribution in [2.45, 2.75) is 51.0 Å². The van der Waals surface area contributed by atoms with E-state index < -0.39 is 5.60 Å². The summed E-state index contributed by atoms with van der Waals surface area (Å²) in [6.07, 6.45) is 5.94. The van der Waals surface area contributed by atoms with Crippen molar-refractivity contribution in [2.24, 2.45) is 4.99 Å². The Hall–Kier alpha value is -1.22. The van der Waals surface area contributed by atoms with Gasteiger partial charge >= 0.3 is 0 Å². The van der Waals surface area contributed by atoms with Gasteiger partial charge in [0.2, 0.25) is 0 Å². The van der Waals surface area contributed by atoms with Crippen LogP contribution in [0.3, 0.4) is 0 Å². The first kappa shape index (κ1) is 23.8. The number of nitrogens with zero attached hydrogens (tertiary/aromatic N) is 1. The number of methoxy groups -OCH3 is 2. The summed E-state index contributed by atoms with van der Waals surface area (Å²) in [5.41, 5.74) is 0.529. The van der Waals surface area contributed by atoms with Crippen molar-refractivity contribution >= 4 is 29.9 Å². The molecule has 0 aromatic heterocycles. The molecule has 0 amide bonds. The maximum absolute atomic E-state index is 10.6. The van der Waals surface area contributed by atoms with Crippen LogP contribution in [-0.2, 0) is 6.42 Å². The zero-order chi connectivity index (χ0) is 18.8. The molecule has 2 rings (SSSR count). The largest absolute Gasteiger partial charge is 0.493 e. The molecule has 0 unspecified atom stereocenters. The van der Waals surface area contributed by atoms with E-state index in [1.807, 2.05) is 25.1 Å². The third kappa shape index (κ3) is 7.73. The lowest BCUT2D eigenvalue weighted by molar-refractivity contribution is 0.0131. The van der Waals surface area contributed by atoms with Crippen LogP contribution in [0.1, 0.15) is 44.6 Å². The van der Waals surface area contributed by atoms with Gasteiger partial charge in [-0.15, -0.1) is 24.0 Å². The quantitative estimate of drug-likeness (QED) is 0.296. The minimum atomic E-state index is -0.635. The number of halogens is 1. The Bertz CT molecular complexity index is 590. The monoisotopic (exact) mass is 491 g/mol. The van der Waals surface area contributed by atoms with Crippen molar-refractivity contribution in [1.29, 1.82) is 0 Å². The van der Waals surface area contributed by atoms with E-state index in [0.717, 1.165) is 68.2 Å². The summed E-state index contributed by atoms with van der Waals surface area (Å²) >= 11 is 0. The molecule has 1 aliphatic rings. The highest BCUT2D eigenvalue weighted by Gasteiger charge is 2.28. The lowest BCUT2D eigenvalue weighted by atomic mass is 9.85. The Morgan fingerprint density at radius 3 is 2.44 bits per heavy atom. The number of rotatable bonds is 8. The number of benzene rings is 1. The standard InChI is InChI=1S/C20H33N3O3.HI/c1-4-21-19(23-15-20(24)11-6-5-7-12-20)22-13-10-16-8-9-17(25-2)18(14-16)26-3;/h8-9,14,24H,4-7,10-13,15H2,1-3H3,(H2,21,22,23);1H. The van der Waals surface area contributed by atoms with E-state index in [1.54, 1.807) is 14.2 Å². The molecule has 0 atom stereocenters. The molecule has 6 nitrogen and oxygen atoms in total. The van der Waals surface area contributed by atoms with Crippen LogP contribution in [-0.4, -0.2) is 50.5 Å². The minimum Gasteiger partial charge on any atom is -0.493 e. The van der Waals surface area contributed by atoms with E-state index in [2.05, 4.69) is 15.6 Å². The fourth-order valence-corrected chi connectivity index (χ4v) is 3.30. The van der Waals surface area contributed by atoms with Gasteiger partial charge in [0.05, 0.1) is 26.4 Å². The lowest BCUT2D eigenvalue weighted by Crippen LogP contribution is -2.41. The summed E-state index contributed by atoms with van der Waals surface area (Å²) in [6.45, 7) is 4.04. The SMILES string of the molecule is CCNC(=NCC1(O)CCCCC1)NCCc1ccc(OC)c(OC)c1.I. The van der Waals surface area contributed by atoms with Gasteiger partial charge in [0.15, 0.2) is 17.5 Å². The molecule has 0 heterocycles. The van der Waals surface area contributed by atoms with Crippen LogP contribution >= 0.6 is 24.0 Å².